The van der Waals surface area contributed by atoms with Crippen LogP contribution < -0.4 is 0 Å². The first-order valence-electron chi connectivity index (χ1n) is 10.3. The molecule has 2 heterocycles. The van der Waals surface area contributed by atoms with Gasteiger partial charge in [0.15, 0.2) is 5.78 Å². The molecule has 3 nitrogen and oxygen atoms in total. The lowest BCUT2D eigenvalue weighted by Crippen LogP contribution is -2.61. The molecule has 4 heteroatoms. The fraction of sp³-hybridized carbons (Fsp3) is 0.522. The minimum atomic E-state index is 0.253. The van der Waals surface area contributed by atoms with Crippen LogP contribution in [0, 0.1) is 5.92 Å². The Labute approximate surface area is 165 Å². The number of fused-ring (bicyclic) bond motifs is 1. The van der Waals surface area contributed by atoms with Crippen LogP contribution in [-0.2, 0) is 11.8 Å². The molecule has 3 atom stereocenters. The molecule has 1 N–H and O–H groups in total. The molecule has 5 rings (SSSR count). The molecule has 1 aromatic carbocycles. The lowest BCUT2D eigenvalue weighted by atomic mass is 9.52. The summed E-state index contributed by atoms with van der Waals surface area (Å²) in [5, 5.41) is 12.1. The standard InChI is InChI=1S/C23H27NO2S/c25-17-7-6-16-14-20-18-4-1-2-9-23(18,19(16)15-17)10-12-24(20)11-8-21(26)22-5-3-13-27-22/h3,5-7,13,15,18,20,25H,1-2,4,8-12,14H2/t18-,20+,23+/m0/s1. The summed E-state index contributed by atoms with van der Waals surface area (Å²) in [6.07, 6.45) is 8.02. The number of benzene rings is 1. The number of rotatable bonds is 4. The highest BCUT2D eigenvalue weighted by molar-refractivity contribution is 7.12. The normalized spacial score (nSPS) is 29.8. The van der Waals surface area contributed by atoms with E-state index in [2.05, 4.69) is 17.0 Å². The fourth-order valence-corrected chi connectivity index (χ4v) is 6.85. The Bertz CT molecular complexity index is 846. The van der Waals surface area contributed by atoms with Crippen molar-refractivity contribution in [3.63, 3.8) is 0 Å². The molecule has 0 radical (unpaired) electrons. The van der Waals surface area contributed by atoms with Gasteiger partial charge in [-0.25, -0.2) is 0 Å². The number of hydrogen-bond donors (Lipinski definition) is 1. The number of Topliss-reactive ketones (excluding diaryl/α,β-unsaturated/α-hetero) is 1. The molecule has 2 bridgehead atoms. The summed E-state index contributed by atoms with van der Waals surface area (Å²) in [5.74, 6) is 1.37. The summed E-state index contributed by atoms with van der Waals surface area (Å²) in [4.78, 5) is 16.0. The van der Waals surface area contributed by atoms with Crippen LogP contribution in [0.3, 0.4) is 0 Å². The summed E-state index contributed by atoms with van der Waals surface area (Å²) >= 11 is 1.55. The number of nitrogens with zero attached hydrogens (tertiary/aromatic N) is 1. The first kappa shape index (κ1) is 17.4. The molecule has 0 unspecified atom stereocenters. The second kappa shape index (κ2) is 6.75. The zero-order chi connectivity index (χ0) is 18.4. The molecule has 142 valence electrons. The smallest absolute Gasteiger partial charge is 0.174 e. The van der Waals surface area contributed by atoms with Crippen molar-refractivity contribution < 1.29 is 9.90 Å². The van der Waals surface area contributed by atoms with Crippen LogP contribution in [0.2, 0.25) is 0 Å². The molecule has 1 saturated heterocycles. The van der Waals surface area contributed by atoms with Crippen molar-refractivity contribution in [3.8, 4) is 5.75 Å². The summed E-state index contributed by atoms with van der Waals surface area (Å²) in [7, 11) is 0. The Hall–Kier alpha value is -1.65. The fourth-order valence-electron chi connectivity index (χ4n) is 6.16. The van der Waals surface area contributed by atoms with Gasteiger partial charge in [0.25, 0.3) is 0 Å². The zero-order valence-corrected chi connectivity index (χ0v) is 16.5. The molecule has 2 fully saturated rings. The number of phenols is 1. The first-order chi connectivity index (χ1) is 13.2. The van der Waals surface area contributed by atoms with Crippen LogP contribution >= 0.6 is 11.3 Å². The summed E-state index contributed by atoms with van der Waals surface area (Å²) in [5.41, 5.74) is 3.10. The third-order valence-electron chi connectivity index (χ3n) is 7.36. The second-order valence-corrected chi connectivity index (χ2v) is 9.51. The Morgan fingerprint density at radius 3 is 3.04 bits per heavy atom. The molecule has 3 aliphatic rings. The van der Waals surface area contributed by atoms with E-state index in [1.54, 1.807) is 11.3 Å². The van der Waals surface area contributed by atoms with E-state index in [0.717, 1.165) is 30.8 Å². The van der Waals surface area contributed by atoms with Gasteiger partial charge in [0, 0.05) is 24.4 Å². The number of phenolic OH excluding ortho intramolecular Hbond substituents is 1. The van der Waals surface area contributed by atoms with E-state index in [4.69, 9.17) is 0 Å². The Kier molecular flexibility index (Phi) is 4.36. The average Bonchev–Trinajstić information content (AvgIpc) is 3.22. The quantitative estimate of drug-likeness (QED) is 0.775. The Balaban J connectivity index is 1.41. The topological polar surface area (TPSA) is 40.5 Å². The van der Waals surface area contributed by atoms with Gasteiger partial charge in [-0.3, -0.25) is 9.69 Å². The van der Waals surface area contributed by atoms with Gasteiger partial charge in [-0.15, -0.1) is 11.3 Å². The number of piperidine rings is 1. The molecule has 2 aliphatic carbocycles. The van der Waals surface area contributed by atoms with E-state index in [0.29, 0.717) is 24.1 Å². The Morgan fingerprint density at radius 2 is 2.19 bits per heavy atom. The number of thiophene rings is 1. The number of aromatic hydroxyl groups is 1. The van der Waals surface area contributed by atoms with Crippen molar-refractivity contribution in [1.82, 2.24) is 4.90 Å². The second-order valence-electron chi connectivity index (χ2n) is 8.56. The van der Waals surface area contributed by atoms with Crippen molar-refractivity contribution in [2.24, 2.45) is 5.92 Å². The van der Waals surface area contributed by atoms with E-state index in [1.165, 1.54) is 36.8 Å². The maximum atomic E-state index is 12.5. The summed E-state index contributed by atoms with van der Waals surface area (Å²) < 4.78 is 0. The van der Waals surface area contributed by atoms with Gasteiger partial charge >= 0.3 is 0 Å². The molecule has 2 aromatic rings. The third kappa shape index (κ3) is 2.85. The minimum absolute atomic E-state index is 0.253. The summed E-state index contributed by atoms with van der Waals surface area (Å²) in [6, 6.07) is 10.5. The van der Waals surface area contributed by atoms with Crippen LogP contribution in [-0.4, -0.2) is 34.9 Å². The highest BCUT2D eigenvalue weighted by Gasteiger charge is 2.53. The van der Waals surface area contributed by atoms with Crippen LogP contribution in [0.1, 0.15) is 59.3 Å². The molecular weight excluding hydrogens is 354 g/mol. The number of likely N-dealkylation sites (tertiary alicyclic amines) is 1. The van der Waals surface area contributed by atoms with Gasteiger partial charge in [0.2, 0.25) is 0 Å². The lowest BCUT2D eigenvalue weighted by Gasteiger charge is -2.59. The van der Waals surface area contributed by atoms with Gasteiger partial charge in [0.1, 0.15) is 5.75 Å². The molecule has 1 saturated carbocycles. The molecule has 1 aromatic heterocycles. The zero-order valence-electron chi connectivity index (χ0n) is 15.7. The maximum absolute atomic E-state index is 12.5. The van der Waals surface area contributed by atoms with Crippen molar-refractivity contribution in [1.29, 1.82) is 0 Å². The van der Waals surface area contributed by atoms with Crippen LogP contribution in [0.4, 0.5) is 0 Å². The number of carbonyl (C=O) groups is 1. The Morgan fingerprint density at radius 1 is 1.26 bits per heavy atom. The van der Waals surface area contributed by atoms with Crippen LogP contribution in [0.5, 0.6) is 5.75 Å². The van der Waals surface area contributed by atoms with Gasteiger partial charge in [0.05, 0.1) is 4.88 Å². The minimum Gasteiger partial charge on any atom is -0.508 e. The van der Waals surface area contributed by atoms with Gasteiger partial charge < -0.3 is 5.11 Å². The third-order valence-corrected chi connectivity index (χ3v) is 8.27. The van der Waals surface area contributed by atoms with Crippen LogP contribution in [0.25, 0.3) is 0 Å². The molecule has 27 heavy (non-hydrogen) atoms. The number of ketones is 1. The SMILES string of the molecule is O=C(CCN1CC[C@]23CCCC[C@H]2[C@H]1Cc1ccc(O)cc13)c1cccs1. The highest BCUT2D eigenvalue weighted by atomic mass is 32.1. The largest absolute Gasteiger partial charge is 0.508 e. The first-order valence-corrected chi connectivity index (χ1v) is 11.2. The van der Waals surface area contributed by atoms with E-state index in [1.807, 2.05) is 23.6 Å². The van der Waals surface area contributed by atoms with Crippen molar-refractivity contribution in [2.45, 2.75) is 56.4 Å². The monoisotopic (exact) mass is 381 g/mol. The van der Waals surface area contributed by atoms with Gasteiger partial charge in [-0.2, -0.15) is 0 Å². The van der Waals surface area contributed by atoms with Crippen LogP contribution in [0.15, 0.2) is 35.7 Å². The molecule has 0 amide bonds. The molecule has 1 aliphatic heterocycles. The maximum Gasteiger partial charge on any atom is 0.174 e. The van der Waals surface area contributed by atoms with Crippen molar-refractivity contribution in [3.05, 3.63) is 51.7 Å². The van der Waals surface area contributed by atoms with E-state index >= 15 is 0 Å². The van der Waals surface area contributed by atoms with E-state index in [9.17, 15) is 9.90 Å². The lowest BCUT2D eigenvalue weighted by molar-refractivity contribution is -0.0110. The van der Waals surface area contributed by atoms with E-state index in [-0.39, 0.29) is 11.2 Å². The number of hydrogen-bond acceptors (Lipinski definition) is 4. The summed E-state index contributed by atoms with van der Waals surface area (Å²) in [6.45, 7) is 1.95. The van der Waals surface area contributed by atoms with Crippen molar-refractivity contribution >= 4 is 17.1 Å². The predicted molar refractivity (Wildman–Crippen MR) is 109 cm³/mol. The number of carbonyl (C=O) groups excluding carboxylic acids is 1. The average molecular weight is 382 g/mol. The van der Waals surface area contributed by atoms with E-state index < -0.39 is 0 Å². The van der Waals surface area contributed by atoms with Gasteiger partial charge in [-0.1, -0.05) is 25.0 Å². The highest BCUT2D eigenvalue weighted by Crippen LogP contribution is 2.56. The van der Waals surface area contributed by atoms with Gasteiger partial charge in [-0.05, 0) is 72.9 Å². The molecule has 0 spiro atoms. The molecular formula is C23H27NO2S. The predicted octanol–water partition coefficient (Wildman–Crippen LogP) is 4.79. The van der Waals surface area contributed by atoms with Crippen molar-refractivity contribution in [2.75, 3.05) is 13.1 Å².